The highest BCUT2D eigenvalue weighted by atomic mass is 19.3. The molecule has 3 heterocycles. The van der Waals surface area contributed by atoms with Crippen LogP contribution in [0.25, 0.3) is 16.9 Å². The second-order valence-corrected chi connectivity index (χ2v) is 7.10. The van der Waals surface area contributed by atoms with Gasteiger partial charge in [-0.15, -0.1) is 0 Å². The summed E-state index contributed by atoms with van der Waals surface area (Å²) < 4.78 is 45.4. The van der Waals surface area contributed by atoms with Crippen LogP contribution in [0.15, 0.2) is 53.5 Å². The molecule has 2 atom stereocenters. The number of nitrogens with zero attached hydrogens (tertiary/aromatic N) is 3. The molecule has 0 radical (unpaired) electrons. The van der Waals surface area contributed by atoms with Crippen molar-refractivity contribution in [2.75, 3.05) is 13.2 Å². The number of aromatic nitrogens is 3. The third kappa shape index (κ3) is 4.39. The zero-order valence-electron chi connectivity index (χ0n) is 16.4. The molecule has 3 aromatic rings. The van der Waals surface area contributed by atoms with Gasteiger partial charge in [-0.1, -0.05) is 6.07 Å². The number of ether oxygens (including phenoxy) is 1. The SMILES string of the molecule is O=C(N[C@H]1COC[C@@H]1O)c1cc(-c2ccc(C(F)F)nc2)nn(-c2cccc(F)c2)c1=O. The average Bonchev–Trinajstić information content (AvgIpc) is 3.18. The summed E-state index contributed by atoms with van der Waals surface area (Å²) in [5.41, 5.74) is -1.21. The Kier molecular flexibility index (Phi) is 6.01. The molecule has 2 aromatic heterocycles. The average molecular weight is 446 g/mol. The van der Waals surface area contributed by atoms with Crippen LogP contribution in [0, 0.1) is 5.82 Å². The first-order valence-electron chi connectivity index (χ1n) is 9.55. The summed E-state index contributed by atoms with van der Waals surface area (Å²) in [6.07, 6.45) is -2.56. The van der Waals surface area contributed by atoms with E-state index in [1.807, 2.05) is 0 Å². The van der Waals surface area contributed by atoms with Crippen LogP contribution in [0.4, 0.5) is 13.2 Å². The van der Waals surface area contributed by atoms with Gasteiger partial charge < -0.3 is 15.2 Å². The largest absolute Gasteiger partial charge is 0.388 e. The number of benzene rings is 1. The maximum atomic E-state index is 13.8. The molecule has 0 spiro atoms. The predicted octanol–water partition coefficient (Wildman–Crippen LogP) is 1.86. The van der Waals surface area contributed by atoms with Crippen LogP contribution < -0.4 is 10.9 Å². The first kappa shape index (κ1) is 21.7. The van der Waals surface area contributed by atoms with Crippen molar-refractivity contribution < 1.29 is 27.8 Å². The van der Waals surface area contributed by atoms with E-state index >= 15 is 0 Å². The van der Waals surface area contributed by atoms with Crippen LogP contribution in [0.2, 0.25) is 0 Å². The van der Waals surface area contributed by atoms with Crippen LogP contribution in [0.3, 0.4) is 0 Å². The quantitative estimate of drug-likeness (QED) is 0.620. The highest BCUT2D eigenvalue weighted by molar-refractivity contribution is 5.95. The summed E-state index contributed by atoms with van der Waals surface area (Å²) >= 11 is 0. The molecule has 166 valence electrons. The summed E-state index contributed by atoms with van der Waals surface area (Å²) in [7, 11) is 0. The van der Waals surface area contributed by atoms with Crippen LogP contribution in [0.1, 0.15) is 22.5 Å². The number of hydrogen-bond donors (Lipinski definition) is 2. The van der Waals surface area contributed by atoms with Crippen molar-refractivity contribution in [2.45, 2.75) is 18.6 Å². The van der Waals surface area contributed by atoms with E-state index in [4.69, 9.17) is 4.74 Å². The fraction of sp³-hybridized carbons (Fsp3) is 0.238. The molecule has 1 fully saturated rings. The Balaban J connectivity index is 1.81. The van der Waals surface area contributed by atoms with Crippen LogP contribution in [0.5, 0.6) is 0 Å². The molecule has 32 heavy (non-hydrogen) atoms. The summed E-state index contributed by atoms with van der Waals surface area (Å²) in [5, 5.41) is 16.6. The van der Waals surface area contributed by atoms with E-state index in [9.17, 15) is 27.9 Å². The minimum Gasteiger partial charge on any atom is -0.388 e. The van der Waals surface area contributed by atoms with E-state index < -0.39 is 41.5 Å². The number of alkyl halides is 2. The van der Waals surface area contributed by atoms with Gasteiger partial charge in [-0.05, 0) is 36.4 Å². The lowest BCUT2D eigenvalue weighted by molar-refractivity contribution is 0.0884. The Morgan fingerprint density at radius 2 is 2.03 bits per heavy atom. The van der Waals surface area contributed by atoms with Gasteiger partial charge >= 0.3 is 0 Å². The van der Waals surface area contributed by atoms with Gasteiger partial charge in [-0.2, -0.15) is 9.78 Å². The zero-order chi connectivity index (χ0) is 22.8. The van der Waals surface area contributed by atoms with E-state index in [2.05, 4.69) is 15.4 Å². The first-order chi connectivity index (χ1) is 15.3. The van der Waals surface area contributed by atoms with Gasteiger partial charge in [0.15, 0.2) is 0 Å². The molecule has 0 saturated carbocycles. The maximum Gasteiger partial charge on any atom is 0.284 e. The molecule has 4 rings (SSSR count). The monoisotopic (exact) mass is 446 g/mol. The number of aliphatic hydroxyl groups is 1. The van der Waals surface area contributed by atoms with Gasteiger partial charge in [0.25, 0.3) is 17.9 Å². The van der Waals surface area contributed by atoms with Gasteiger partial charge in [0, 0.05) is 11.8 Å². The number of amides is 1. The van der Waals surface area contributed by atoms with Gasteiger partial charge in [-0.3, -0.25) is 14.6 Å². The van der Waals surface area contributed by atoms with Crippen molar-refractivity contribution in [3.63, 3.8) is 0 Å². The van der Waals surface area contributed by atoms with Crippen molar-refractivity contribution in [3.05, 3.63) is 76.1 Å². The third-order valence-electron chi connectivity index (χ3n) is 4.88. The summed E-state index contributed by atoms with van der Waals surface area (Å²) in [4.78, 5) is 29.5. The molecule has 1 amide bonds. The lowest BCUT2D eigenvalue weighted by Crippen LogP contribution is -2.44. The van der Waals surface area contributed by atoms with Crippen molar-refractivity contribution in [1.82, 2.24) is 20.1 Å². The fourth-order valence-electron chi connectivity index (χ4n) is 3.19. The predicted molar refractivity (Wildman–Crippen MR) is 106 cm³/mol. The summed E-state index contributed by atoms with van der Waals surface area (Å²) in [6, 6.07) is 7.94. The number of rotatable bonds is 5. The van der Waals surface area contributed by atoms with Gasteiger partial charge in [0.05, 0.1) is 36.7 Å². The summed E-state index contributed by atoms with van der Waals surface area (Å²) in [5.74, 6) is -1.42. The van der Waals surface area contributed by atoms with Crippen LogP contribution >= 0.6 is 0 Å². The topological polar surface area (TPSA) is 106 Å². The van der Waals surface area contributed by atoms with E-state index in [1.54, 1.807) is 0 Å². The molecule has 8 nitrogen and oxygen atoms in total. The van der Waals surface area contributed by atoms with E-state index in [1.165, 1.54) is 30.3 Å². The Morgan fingerprint density at radius 3 is 2.66 bits per heavy atom. The molecule has 0 unspecified atom stereocenters. The second-order valence-electron chi connectivity index (χ2n) is 7.10. The number of nitrogens with one attached hydrogen (secondary N) is 1. The van der Waals surface area contributed by atoms with E-state index in [0.717, 1.165) is 23.0 Å². The number of carbonyl (C=O) groups is 1. The van der Waals surface area contributed by atoms with Gasteiger partial charge in [0.1, 0.15) is 17.1 Å². The summed E-state index contributed by atoms with van der Waals surface area (Å²) in [6.45, 7) is 0.115. The Morgan fingerprint density at radius 1 is 1.22 bits per heavy atom. The molecule has 0 bridgehead atoms. The fourth-order valence-corrected chi connectivity index (χ4v) is 3.19. The highest BCUT2D eigenvalue weighted by Crippen LogP contribution is 2.21. The molecule has 1 aliphatic heterocycles. The van der Waals surface area contributed by atoms with Crippen LogP contribution in [-0.4, -0.2) is 51.1 Å². The van der Waals surface area contributed by atoms with Crippen molar-refractivity contribution in [2.24, 2.45) is 0 Å². The van der Waals surface area contributed by atoms with Crippen molar-refractivity contribution in [3.8, 4) is 16.9 Å². The lowest BCUT2D eigenvalue weighted by Gasteiger charge is -2.16. The highest BCUT2D eigenvalue weighted by Gasteiger charge is 2.29. The number of aliphatic hydroxyl groups excluding tert-OH is 1. The minimum atomic E-state index is -2.76. The molecular formula is C21H17F3N4O4. The Bertz CT molecular complexity index is 1200. The first-order valence-corrected chi connectivity index (χ1v) is 9.55. The number of carbonyl (C=O) groups excluding carboxylic acids is 1. The van der Waals surface area contributed by atoms with Crippen molar-refractivity contribution >= 4 is 5.91 Å². The van der Waals surface area contributed by atoms with Gasteiger partial charge in [-0.25, -0.2) is 13.2 Å². The zero-order valence-corrected chi connectivity index (χ0v) is 16.4. The van der Waals surface area contributed by atoms with Crippen molar-refractivity contribution in [1.29, 1.82) is 0 Å². The van der Waals surface area contributed by atoms with Gasteiger partial charge in [0.2, 0.25) is 0 Å². The standard InChI is InChI=1S/C21H17F3N4O4/c22-12-2-1-3-13(6-12)28-21(31)14(20(30)26-17-9-32-10-18(17)29)7-16(27-28)11-4-5-15(19(23)24)25-8-11/h1-8,17-19,29H,9-10H2,(H,26,30)/t17-,18-/m0/s1. The second kappa shape index (κ2) is 8.89. The minimum absolute atomic E-state index is 0.0439. The molecule has 1 aliphatic rings. The van der Waals surface area contributed by atoms with E-state index in [0.29, 0.717) is 0 Å². The van der Waals surface area contributed by atoms with Crippen LogP contribution in [-0.2, 0) is 4.74 Å². The Labute approximate surface area is 179 Å². The number of halogens is 3. The Hall–Kier alpha value is -3.57. The normalized spacial score (nSPS) is 18.2. The molecule has 1 saturated heterocycles. The third-order valence-corrected chi connectivity index (χ3v) is 4.88. The molecule has 0 aliphatic carbocycles. The molecule has 11 heteroatoms. The maximum absolute atomic E-state index is 13.8. The number of hydrogen-bond acceptors (Lipinski definition) is 6. The number of pyridine rings is 1. The smallest absolute Gasteiger partial charge is 0.284 e. The van der Waals surface area contributed by atoms with E-state index in [-0.39, 0.29) is 35.7 Å². The molecule has 1 aromatic carbocycles. The molecular weight excluding hydrogens is 429 g/mol. The lowest BCUT2D eigenvalue weighted by atomic mass is 10.1. The molecule has 2 N–H and O–H groups in total.